The van der Waals surface area contributed by atoms with Gasteiger partial charge in [0.2, 0.25) is 0 Å². The number of rotatable bonds is 38. The molecule has 2 aliphatic rings. The molecule has 2 rings (SSSR count). The maximum Gasteiger partial charge on any atom is 0.306 e. The average Bonchev–Trinajstić information content (AvgIpc) is 3.31. The van der Waals surface area contributed by atoms with Crippen LogP contribution in [0.25, 0.3) is 0 Å². The van der Waals surface area contributed by atoms with E-state index in [4.69, 9.17) is 28.4 Å². The fourth-order valence-corrected chi connectivity index (χ4v) is 7.62. The summed E-state index contributed by atoms with van der Waals surface area (Å²) in [7, 11) is 0. The molecule has 0 spiro atoms. The van der Waals surface area contributed by atoms with E-state index < -0.39 is 99.3 Å². The summed E-state index contributed by atoms with van der Waals surface area (Å²) in [6, 6.07) is 0. The van der Waals surface area contributed by atoms with Crippen LogP contribution in [0.5, 0.6) is 0 Å². The van der Waals surface area contributed by atoms with Crippen molar-refractivity contribution in [3.8, 4) is 0 Å². The molecule has 4 unspecified atom stereocenters. The summed E-state index contributed by atoms with van der Waals surface area (Å²) >= 11 is 0. The number of esters is 2. The van der Waals surface area contributed by atoms with Crippen LogP contribution in [0.15, 0.2) is 61.3 Å². The minimum Gasteiger partial charge on any atom is -0.462 e. The highest BCUT2D eigenvalue weighted by Gasteiger charge is 2.47. The molecule has 0 radical (unpaired) electrons. The Balaban J connectivity index is 1.83. The number of aliphatic hydroxyl groups excluding tert-OH is 7. The highest BCUT2D eigenvalue weighted by atomic mass is 16.7. The van der Waals surface area contributed by atoms with Crippen molar-refractivity contribution in [1.82, 2.24) is 0 Å². The predicted molar refractivity (Wildman–Crippen MR) is 252 cm³/mol. The number of aliphatic hydroxyl groups is 7. The van der Waals surface area contributed by atoms with Crippen molar-refractivity contribution in [2.75, 3.05) is 26.4 Å². The largest absolute Gasteiger partial charge is 0.462 e. The van der Waals surface area contributed by atoms with Crippen LogP contribution in [-0.4, -0.2) is 142 Å². The molecule has 0 saturated carbocycles. The summed E-state index contributed by atoms with van der Waals surface area (Å²) in [5.41, 5.74) is 0. The molecule has 66 heavy (non-hydrogen) atoms. The van der Waals surface area contributed by atoms with Crippen LogP contribution in [0.3, 0.4) is 0 Å². The van der Waals surface area contributed by atoms with Gasteiger partial charge in [0.25, 0.3) is 0 Å². The lowest BCUT2D eigenvalue weighted by molar-refractivity contribution is -0.332. The second-order valence-corrected chi connectivity index (χ2v) is 17.4. The first-order chi connectivity index (χ1) is 32.0. The van der Waals surface area contributed by atoms with Crippen molar-refractivity contribution in [3.05, 3.63) is 61.3 Å². The molecule has 2 fully saturated rings. The van der Waals surface area contributed by atoms with Gasteiger partial charge in [-0.25, -0.2) is 0 Å². The van der Waals surface area contributed by atoms with Gasteiger partial charge in [0.15, 0.2) is 18.7 Å². The molecule has 2 saturated heterocycles. The summed E-state index contributed by atoms with van der Waals surface area (Å²) in [6.45, 7) is 3.94. The van der Waals surface area contributed by atoms with Crippen LogP contribution >= 0.6 is 0 Å². The van der Waals surface area contributed by atoms with Crippen molar-refractivity contribution < 1.29 is 73.8 Å². The summed E-state index contributed by atoms with van der Waals surface area (Å²) in [5, 5.41) is 72.0. The Morgan fingerprint density at radius 3 is 1.53 bits per heavy atom. The van der Waals surface area contributed by atoms with E-state index in [1.54, 1.807) is 0 Å². The van der Waals surface area contributed by atoms with E-state index in [0.717, 1.165) is 64.2 Å². The third kappa shape index (κ3) is 26.1. The Morgan fingerprint density at radius 2 is 0.985 bits per heavy atom. The van der Waals surface area contributed by atoms with E-state index in [0.29, 0.717) is 12.8 Å². The average molecular weight is 939 g/mol. The molecule has 15 nitrogen and oxygen atoms in total. The van der Waals surface area contributed by atoms with Crippen molar-refractivity contribution in [3.63, 3.8) is 0 Å². The molecule has 0 aromatic heterocycles. The number of unbranched alkanes of at least 4 members (excludes halogenated alkanes) is 18. The van der Waals surface area contributed by atoms with Crippen LogP contribution in [0, 0.1) is 0 Å². The van der Waals surface area contributed by atoms with Gasteiger partial charge < -0.3 is 64.2 Å². The molecule has 0 amide bonds. The fourth-order valence-electron chi connectivity index (χ4n) is 7.62. The van der Waals surface area contributed by atoms with Crippen molar-refractivity contribution in [2.45, 2.75) is 222 Å². The standard InChI is InChI=1S/C51H86O15/c1-3-5-7-9-11-13-15-17-19-21-23-25-27-29-31-33-42(53)61-36-39(64-43(54)34-32-30-28-26-24-22-20-18-16-14-12-10-8-6-4-2)37-62-50-49(60)47(58)45(56)41(66-50)38-63-51-48(59)46(57)44(55)40(35-52)65-51/h3,6,8,10,12,14,16,18,20,39-41,44-52,55-60H,1,4-5,7,9,11,13,15,17,19,21-38H2,2H3/b8-6+,12-10+,16-14+,20-18+/t39-,40-,41-,44+,45+,46?,47?,48?,49?,50-,51-/m1/s1. The number of hydrogen-bond acceptors (Lipinski definition) is 15. The third-order valence-electron chi connectivity index (χ3n) is 11.7. The van der Waals surface area contributed by atoms with E-state index in [-0.39, 0.29) is 19.4 Å². The molecule has 11 atom stereocenters. The molecule has 2 aliphatic heterocycles. The van der Waals surface area contributed by atoms with Crippen LogP contribution in [0.4, 0.5) is 0 Å². The number of ether oxygens (including phenoxy) is 6. The van der Waals surface area contributed by atoms with Crippen LogP contribution in [0.2, 0.25) is 0 Å². The molecule has 380 valence electrons. The summed E-state index contributed by atoms with van der Waals surface area (Å²) in [6.07, 6.45) is 24.3. The summed E-state index contributed by atoms with van der Waals surface area (Å²) in [5.74, 6) is -0.958. The van der Waals surface area contributed by atoms with Crippen molar-refractivity contribution in [2.24, 2.45) is 0 Å². The zero-order chi connectivity index (χ0) is 48.2. The predicted octanol–water partition coefficient (Wildman–Crippen LogP) is 6.49. The van der Waals surface area contributed by atoms with Gasteiger partial charge in [-0.15, -0.1) is 6.58 Å². The lowest BCUT2D eigenvalue weighted by atomic mass is 9.98. The zero-order valence-corrected chi connectivity index (χ0v) is 39.7. The molecule has 0 aromatic rings. The van der Waals surface area contributed by atoms with E-state index in [1.165, 1.54) is 57.8 Å². The van der Waals surface area contributed by atoms with Gasteiger partial charge in [0.1, 0.15) is 55.4 Å². The van der Waals surface area contributed by atoms with Gasteiger partial charge in [-0.05, 0) is 44.9 Å². The van der Waals surface area contributed by atoms with Gasteiger partial charge in [0.05, 0.1) is 19.8 Å². The Kier molecular flexibility index (Phi) is 34.2. The first-order valence-corrected chi connectivity index (χ1v) is 24.9. The van der Waals surface area contributed by atoms with E-state index in [9.17, 15) is 45.3 Å². The molecule has 0 aliphatic carbocycles. The first-order valence-electron chi connectivity index (χ1n) is 24.9. The molecular weight excluding hydrogens is 853 g/mol. The van der Waals surface area contributed by atoms with Gasteiger partial charge in [-0.2, -0.15) is 0 Å². The van der Waals surface area contributed by atoms with E-state index in [2.05, 4.69) is 25.7 Å². The van der Waals surface area contributed by atoms with E-state index >= 15 is 0 Å². The lowest BCUT2D eigenvalue weighted by Crippen LogP contribution is -2.61. The highest BCUT2D eigenvalue weighted by molar-refractivity contribution is 5.70. The highest BCUT2D eigenvalue weighted by Crippen LogP contribution is 2.26. The smallest absolute Gasteiger partial charge is 0.306 e. The second-order valence-electron chi connectivity index (χ2n) is 17.4. The number of hydrogen-bond donors (Lipinski definition) is 7. The topological polar surface area (TPSA) is 231 Å². The molecule has 2 heterocycles. The number of carbonyl (C=O) groups is 2. The fraction of sp³-hybridized carbons (Fsp3) is 0.765. The first kappa shape index (κ1) is 59.3. The zero-order valence-electron chi connectivity index (χ0n) is 39.7. The van der Waals surface area contributed by atoms with E-state index in [1.807, 2.05) is 42.5 Å². The Morgan fingerprint density at radius 1 is 0.530 bits per heavy atom. The van der Waals surface area contributed by atoms with Crippen LogP contribution < -0.4 is 0 Å². The third-order valence-corrected chi connectivity index (χ3v) is 11.7. The minimum atomic E-state index is -1.77. The SMILES string of the molecule is C=CCCCCCCCCCCCCCCCC(=O)OC[C@H](CO[C@@H]1O[C@H](CO[C@@H]2O[C@H](CO)[C@H](O)C(O)C2O)[C@H](O)C(O)C1O)OC(=O)CCCCCCC/C=C/C=C/C=C/C=C/CC. The maximum absolute atomic E-state index is 13.0. The molecule has 15 heteroatoms. The van der Waals surface area contributed by atoms with Gasteiger partial charge in [-0.1, -0.05) is 151 Å². The number of allylic oxidation sites excluding steroid dienone is 9. The second kappa shape index (κ2) is 38.1. The lowest BCUT2D eigenvalue weighted by Gasteiger charge is -2.42. The van der Waals surface area contributed by atoms with Gasteiger partial charge >= 0.3 is 11.9 Å². The Hall–Kier alpha value is -2.80. The molecular formula is C51H86O15. The van der Waals surface area contributed by atoms with Gasteiger partial charge in [-0.3, -0.25) is 9.59 Å². The minimum absolute atomic E-state index is 0.136. The van der Waals surface area contributed by atoms with Gasteiger partial charge in [0, 0.05) is 12.8 Å². The molecule has 7 N–H and O–H groups in total. The van der Waals surface area contributed by atoms with Crippen LogP contribution in [-0.2, 0) is 38.0 Å². The summed E-state index contributed by atoms with van der Waals surface area (Å²) in [4.78, 5) is 25.7. The Labute approximate surface area is 394 Å². The molecule has 0 aromatic carbocycles. The number of carbonyl (C=O) groups excluding carboxylic acids is 2. The Bertz CT molecular complexity index is 1370. The van der Waals surface area contributed by atoms with Crippen molar-refractivity contribution in [1.29, 1.82) is 0 Å². The monoisotopic (exact) mass is 939 g/mol. The molecule has 0 bridgehead atoms. The maximum atomic E-state index is 13.0. The normalized spacial score (nSPS) is 26.5. The quantitative estimate of drug-likeness (QED) is 0.0152. The summed E-state index contributed by atoms with van der Waals surface area (Å²) < 4.78 is 33.5. The van der Waals surface area contributed by atoms with Crippen LogP contribution in [0.1, 0.15) is 155 Å². The van der Waals surface area contributed by atoms with Crippen molar-refractivity contribution >= 4 is 11.9 Å².